The average molecular weight is 379 g/mol. The third-order valence-electron chi connectivity index (χ3n) is 4.12. The summed E-state index contributed by atoms with van der Waals surface area (Å²) in [4.78, 5) is 27.4. The monoisotopic (exact) mass is 378 g/mol. The summed E-state index contributed by atoms with van der Waals surface area (Å²) < 4.78 is 7.75. The van der Waals surface area contributed by atoms with Crippen LogP contribution in [0.3, 0.4) is 0 Å². The van der Waals surface area contributed by atoms with Crippen LogP contribution >= 0.6 is 23.5 Å². The molecule has 0 saturated carbocycles. The highest BCUT2D eigenvalue weighted by atomic mass is 32.2. The topological polar surface area (TPSA) is 64.1 Å². The standard InChI is InChI=1S/C18H22N2O3S2/c1-3-24-15-9-13(11-25-14-7-5-4-6-8-14)23-17(15)20-10-12(2)16(21)19-18(20)22/h4-8,10,13,15,17H,3,9,11H2,1-2H3,(H,19,21,22)/t13-,15+,17+/m0/s1. The van der Waals surface area contributed by atoms with Crippen molar-refractivity contribution in [3.05, 3.63) is 62.9 Å². The van der Waals surface area contributed by atoms with Gasteiger partial charge in [0.25, 0.3) is 5.56 Å². The van der Waals surface area contributed by atoms with Crippen molar-refractivity contribution in [2.45, 2.75) is 42.7 Å². The second kappa shape index (κ2) is 8.29. The minimum absolute atomic E-state index is 0.0818. The number of hydrogen-bond donors (Lipinski definition) is 1. The van der Waals surface area contributed by atoms with Gasteiger partial charge in [0.2, 0.25) is 0 Å². The summed E-state index contributed by atoms with van der Waals surface area (Å²) in [6.45, 7) is 3.81. The predicted molar refractivity (Wildman–Crippen MR) is 104 cm³/mol. The van der Waals surface area contributed by atoms with Crippen molar-refractivity contribution >= 4 is 23.5 Å². The molecule has 5 nitrogen and oxygen atoms in total. The van der Waals surface area contributed by atoms with E-state index in [4.69, 9.17) is 4.74 Å². The molecular formula is C18H22N2O3S2. The molecule has 0 bridgehead atoms. The van der Waals surface area contributed by atoms with E-state index in [1.807, 2.05) is 18.2 Å². The Balaban J connectivity index is 1.75. The van der Waals surface area contributed by atoms with Crippen molar-refractivity contribution in [3.8, 4) is 0 Å². The number of aromatic amines is 1. The van der Waals surface area contributed by atoms with E-state index in [1.54, 1.807) is 36.6 Å². The Labute approximate surface area is 155 Å². The fourth-order valence-corrected chi connectivity index (χ4v) is 4.99. The van der Waals surface area contributed by atoms with Crippen LogP contribution in [0, 0.1) is 6.92 Å². The number of nitrogens with zero attached hydrogens (tertiary/aromatic N) is 1. The third kappa shape index (κ3) is 4.40. The van der Waals surface area contributed by atoms with E-state index >= 15 is 0 Å². The Kier molecular flexibility index (Phi) is 6.09. The first kappa shape index (κ1) is 18.4. The molecule has 0 aliphatic carbocycles. The van der Waals surface area contributed by atoms with Crippen LogP contribution in [0.5, 0.6) is 0 Å². The molecular weight excluding hydrogens is 356 g/mol. The number of rotatable bonds is 6. The average Bonchev–Trinajstić information content (AvgIpc) is 3.00. The summed E-state index contributed by atoms with van der Waals surface area (Å²) in [7, 11) is 0. The lowest BCUT2D eigenvalue weighted by Gasteiger charge is -2.20. The van der Waals surface area contributed by atoms with Gasteiger partial charge in [0.15, 0.2) is 0 Å². The molecule has 0 amide bonds. The summed E-state index contributed by atoms with van der Waals surface area (Å²) in [5.41, 5.74) is -0.223. The smallest absolute Gasteiger partial charge is 0.330 e. The van der Waals surface area contributed by atoms with Gasteiger partial charge in [0.1, 0.15) is 6.23 Å². The summed E-state index contributed by atoms with van der Waals surface area (Å²) in [6.07, 6.45) is 2.25. The highest BCUT2D eigenvalue weighted by molar-refractivity contribution is 8.00. The van der Waals surface area contributed by atoms with Crippen molar-refractivity contribution < 1.29 is 4.74 Å². The predicted octanol–water partition coefficient (Wildman–Crippen LogP) is 3.05. The van der Waals surface area contributed by atoms with Crippen molar-refractivity contribution in [1.82, 2.24) is 9.55 Å². The summed E-state index contributed by atoms with van der Waals surface area (Å²) in [6, 6.07) is 10.2. The van der Waals surface area contributed by atoms with E-state index < -0.39 is 5.69 Å². The van der Waals surface area contributed by atoms with Gasteiger partial charge in [0, 0.05) is 22.4 Å². The third-order valence-corrected chi connectivity index (χ3v) is 6.46. The van der Waals surface area contributed by atoms with Gasteiger partial charge in [-0.1, -0.05) is 25.1 Å². The Morgan fingerprint density at radius 3 is 2.76 bits per heavy atom. The molecule has 0 spiro atoms. The minimum atomic E-state index is -0.404. The van der Waals surface area contributed by atoms with E-state index in [0.29, 0.717) is 5.56 Å². The first-order chi connectivity index (χ1) is 12.1. The number of aryl methyl sites for hydroxylation is 1. The zero-order chi connectivity index (χ0) is 17.8. The van der Waals surface area contributed by atoms with Crippen molar-refractivity contribution in [2.75, 3.05) is 11.5 Å². The van der Waals surface area contributed by atoms with Gasteiger partial charge in [-0.3, -0.25) is 14.3 Å². The van der Waals surface area contributed by atoms with Crippen LogP contribution < -0.4 is 11.2 Å². The lowest BCUT2D eigenvalue weighted by Crippen LogP contribution is -2.35. The number of H-pyrrole nitrogens is 1. The lowest BCUT2D eigenvalue weighted by molar-refractivity contribution is 0.0117. The summed E-state index contributed by atoms with van der Waals surface area (Å²) in [5, 5.41) is 0.203. The molecule has 134 valence electrons. The maximum Gasteiger partial charge on any atom is 0.330 e. The molecule has 7 heteroatoms. The van der Waals surface area contributed by atoms with Crippen LogP contribution in [0.1, 0.15) is 25.1 Å². The van der Waals surface area contributed by atoms with Crippen LogP contribution in [0.25, 0.3) is 0 Å². The van der Waals surface area contributed by atoms with E-state index in [2.05, 4.69) is 24.0 Å². The molecule has 3 atom stereocenters. The highest BCUT2D eigenvalue weighted by Crippen LogP contribution is 2.38. The lowest BCUT2D eigenvalue weighted by atomic mass is 10.2. The van der Waals surface area contributed by atoms with Gasteiger partial charge in [-0.25, -0.2) is 4.79 Å². The number of aromatic nitrogens is 2. The molecule has 1 aromatic carbocycles. The number of nitrogens with one attached hydrogen (secondary N) is 1. The molecule has 2 aromatic rings. The molecule has 3 rings (SSSR count). The molecule has 1 N–H and O–H groups in total. The fraction of sp³-hybridized carbons (Fsp3) is 0.444. The summed E-state index contributed by atoms with van der Waals surface area (Å²) in [5.74, 6) is 1.80. The Bertz CT molecular complexity index is 819. The minimum Gasteiger partial charge on any atom is -0.353 e. The fourth-order valence-electron chi connectivity index (χ4n) is 2.91. The highest BCUT2D eigenvalue weighted by Gasteiger charge is 2.37. The van der Waals surface area contributed by atoms with Crippen molar-refractivity contribution in [3.63, 3.8) is 0 Å². The maximum atomic E-state index is 12.2. The van der Waals surface area contributed by atoms with Gasteiger partial charge >= 0.3 is 5.69 Å². The maximum absolute atomic E-state index is 12.2. The molecule has 2 heterocycles. The second-order valence-corrected chi connectivity index (χ2v) is 8.59. The Morgan fingerprint density at radius 1 is 1.28 bits per heavy atom. The van der Waals surface area contributed by atoms with Crippen LogP contribution in [0.2, 0.25) is 0 Å². The molecule has 1 aromatic heterocycles. The van der Waals surface area contributed by atoms with Crippen molar-refractivity contribution in [1.29, 1.82) is 0 Å². The molecule has 0 unspecified atom stereocenters. The largest absolute Gasteiger partial charge is 0.353 e. The van der Waals surface area contributed by atoms with E-state index in [0.717, 1.165) is 17.9 Å². The number of hydrogen-bond acceptors (Lipinski definition) is 5. The van der Waals surface area contributed by atoms with E-state index in [9.17, 15) is 9.59 Å². The number of ether oxygens (including phenoxy) is 1. The van der Waals surface area contributed by atoms with Crippen molar-refractivity contribution in [2.24, 2.45) is 0 Å². The van der Waals surface area contributed by atoms with E-state index in [-0.39, 0.29) is 23.1 Å². The zero-order valence-corrected chi connectivity index (χ0v) is 15.9. The zero-order valence-electron chi connectivity index (χ0n) is 14.3. The molecule has 0 radical (unpaired) electrons. The first-order valence-electron chi connectivity index (χ1n) is 8.35. The van der Waals surface area contributed by atoms with Crippen LogP contribution in [-0.4, -0.2) is 32.4 Å². The van der Waals surface area contributed by atoms with Gasteiger partial charge in [-0.2, -0.15) is 11.8 Å². The molecule has 1 aliphatic rings. The Hall–Kier alpha value is -1.44. The second-order valence-electron chi connectivity index (χ2n) is 5.98. The SMILES string of the molecule is CCS[C@@H]1C[C@@H](CSc2ccccc2)O[C@H]1n1cc(C)c(=O)[nH]c1=O. The molecule has 25 heavy (non-hydrogen) atoms. The molecule has 1 saturated heterocycles. The van der Waals surface area contributed by atoms with Gasteiger partial charge in [-0.05, 0) is 31.2 Å². The van der Waals surface area contributed by atoms with E-state index in [1.165, 1.54) is 9.46 Å². The molecule has 1 aliphatic heterocycles. The normalized spacial score (nSPS) is 23.0. The van der Waals surface area contributed by atoms with Gasteiger partial charge in [0.05, 0.1) is 11.4 Å². The number of benzene rings is 1. The van der Waals surface area contributed by atoms with Crippen LogP contribution in [0.4, 0.5) is 0 Å². The quantitative estimate of drug-likeness (QED) is 0.783. The first-order valence-corrected chi connectivity index (χ1v) is 10.4. The molecule has 1 fully saturated rings. The number of thioether (sulfide) groups is 2. The van der Waals surface area contributed by atoms with Gasteiger partial charge < -0.3 is 4.74 Å². The Morgan fingerprint density at radius 2 is 2.04 bits per heavy atom. The van der Waals surface area contributed by atoms with Crippen LogP contribution in [-0.2, 0) is 4.74 Å². The van der Waals surface area contributed by atoms with Gasteiger partial charge in [-0.15, -0.1) is 11.8 Å². The summed E-state index contributed by atoms with van der Waals surface area (Å²) >= 11 is 3.57. The van der Waals surface area contributed by atoms with Crippen LogP contribution in [0.15, 0.2) is 51.0 Å².